The Morgan fingerprint density at radius 3 is 2.48 bits per heavy atom. The van der Waals surface area contributed by atoms with Gasteiger partial charge in [0, 0.05) is 61.1 Å². The van der Waals surface area contributed by atoms with Crippen LogP contribution in [0.4, 0.5) is 24.8 Å². The summed E-state index contributed by atoms with van der Waals surface area (Å²) in [5.41, 5.74) is 4.08. The number of aromatic nitrogens is 3. The summed E-state index contributed by atoms with van der Waals surface area (Å²) >= 11 is 0. The van der Waals surface area contributed by atoms with E-state index in [4.69, 9.17) is 0 Å². The predicted molar refractivity (Wildman–Crippen MR) is 152 cm³/mol. The molecule has 2 saturated heterocycles. The molecule has 3 aliphatic heterocycles. The molecule has 2 N–H and O–H groups in total. The van der Waals surface area contributed by atoms with Crippen LogP contribution in [0.25, 0.3) is 11.2 Å². The highest BCUT2D eigenvalue weighted by atomic mass is 19.4. The number of rotatable bonds is 6. The van der Waals surface area contributed by atoms with Crippen LogP contribution in [0.3, 0.4) is 0 Å². The van der Waals surface area contributed by atoms with Crippen molar-refractivity contribution in [1.82, 2.24) is 29.7 Å². The fourth-order valence-electron chi connectivity index (χ4n) is 6.20. The number of likely N-dealkylation sites (tertiary alicyclic amines) is 1. The van der Waals surface area contributed by atoms with Gasteiger partial charge < -0.3 is 20.4 Å². The summed E-state index contributed by atoms with van der Waals surface area (Å²) in [7, 11) is 0. The number of pyridine rings is 1. The Morgan fingerprint density at radius 1 is 1.02 bits per heavy atom. The Labute approximate surface area is 241 Å². The number of carbonyl (C=O) groups excluding carboxylic acids is 2. The van der Waals surface area contributed by atoms with E-state index in [0.29, 0.717) is 30.1 Å². The number of piperidine rings is 1. The molecule has 0 bridgehead atoms. The Balaban J connectivity index is 1.09. The van der Waals surface area contributed by atoms with Gasteiger partial charge in [0.1, 0.15) is 0 Å². The largest absolute Gasteiger partial charge is 0.389 e. The molecule has 3 aliphatic rings. The summed E-state index contributed by atoms with van der Waals surface area (Å²) < 4.78 is 39.2. The molecule has 3 aromatic rings. The number of benzene rings is 1. The van der Waals surface area contributed by atoms with Crippen molar-refractivity contribution < 1.29 is 22.8 Å². The first-order valence-corrected chi connectivity index (χ1v) is 14.5. The van der Waals surface area contributed by atoms with Crippen LogP contribution in [0, 0.1) is 0 Å². The number of hydrogen-bond donors (Lipinski definition) is 2. The van der Waals surface area contributed by atoms with E-state index in [1.54, 1.807) is 10.7 Å². The molecule has 6 rings (SSSR count). The Morgan fingerprint density at radius 2 is 1.81 bits per heavy atom. The normalized spacial score (nSPS) is 18.9. The minimum atomic E-state index is -4.34. The van der Waals surface area contributed by atoms with Crippen molar-refractivity contribution in [1.29, 1.82) is 0 Å². The van der Waals surface area contributed by atoms with Crippen molar-refractivity contribution in [3.63, 3.8) is 0 Å². The van der Waals surface area contributed by atoms with Gasteiger partial charge in [-0.1, -0.05) is 6.08 Å². The quantitative estimate of drug-likeness (QED) is 0.435. The zero-order chi connectivity index (χ0) is 29.3. The van der Waals surface area contributed by atoms with E-state index in [1.807, 2.05) is 47.4 Å². The average molecular weight is 582 g/mol. The van der Waals surface area contributed by atoms with Gasteiger partial charge in [0.2, 0.25) is 11.9 Å². The summed E-state index contributed by atoms with van der Waals surface area (Å²) in [5, 5.41) is 11.4. The molecule has 2 fully saturated rings. The smallest absolute Gasteiger partial charge is 0.339 e. The van der Waals surface area contributed by atoms with Crippen LogP contribution in [0.5, 0.6) is 0 Å². The number of halogens is 3. The molecule has 9 nitrogen and oxygen atoms in total. The first-order valence-electron chi connectivity index (χ1n) is 14.5. The van der Waals surface area contributed by atoms with Crippen LogP contribution >= 0.6 is 0 Å². The standard InChI is InChI=1S/C30H34F3N7O2/c31-30(32,33)12-8-25(41)38-17-9-21(10-18-38)24-3-1-16-40-26(24)36-28(37-40)35-23-6-4-22(5-7-23)27(42)39-19-13-29(14-20-39)11-2-15-34-29/h1,3-7,9,16,34H,2,8,10-15,17-20H2,(H,35,37). The van der Waals surface area contributed by atoms with Gasteiger partial charge in [-0.05, 0) is 80.6 Å². The van der Waals surface area contributed by atoms with Crippen molar-refractivity contribution in [2.45, 2.75) is 56.7 Å². The van der Waals surface area contributed by atoms with Crippen LogP contribution in [-0.2, 0) is 4.79 Å². The first-order chi connectivity index (χ1) is 20.2. The molecule has 42 heavy (non-hydrogen) atoms. The van der Waals surface area contributed by atoms with E-state index in [-0.39, 0.29) is 18.0 Å². The van der Waals surface area contributed by atoms with E-state index in [0.717, 1.165) is 49.3 Å². The summed E-state index contributed by atoms with van der Waals surface area (Å²) in [6.45, 7) is 3.21. The highest BCUT2D eigenvalue weighted by molar-refractivity contribution is 5.94. The lowest BCUT2D eigenvalue weighted by Crippen LogP contribution is -2.51. The van der Waals surface area contributed by atoms with E-state index in [1.165, 1.54) is 17.7 Å². The second-order valence-electron chi connectivity index (χ2n) is 11.4. The van der Waals surface area contributed by atoms with Crippen molar-refractivity contribution in [2.24, 2.45) is 0 Å². The Hall–Kier alpha value is -3.93. The van der Waals surface area contributed by atoms with Gasteiger partial charge in [0.25, 0.3) is 5.91 Å². The maximum Gasteiger partial charge on any atom is 0.389 e. The molecule has 12 heteroatoms. The summed E-state index contributed by atoms with van der Waals surface area (Å²) in [5.74, 6) is -0.0493. The zero-order valence-electron chi connectivity index (χ0n) is 23.3. The monoisotopic (exact) mass is 581 g/mol. The number of fused-ring (bicyclic) bond motifs is 1. The Bertz CT molecular complexity index is 1480. The van der Waals surface area contributed by atoms with E-state index in [2.05, 4.69) is 20.7 Å². The fraction of sp³-hybridized carbons (Fsp3) is 0.467. The SMILES string of the molecule is O=C(CCC(F)(F)F)N1CC=C(c2cccn3nc(Nc4ccc(C(=O)N5CCC6(CCCN6)CC5)cc4)nc23)CC1. The average Bonchev–Trinajstić information content (AvgIpc) is 3.62. The van der Waals surface area contributed by atoms with Crippen LogP contribution in [0.2, 0.25) is 0 Å². The number of carbonyl (C=O) groups is 2. The van der Waals surface area contributed by atoms with E-state index in [9.17, 15) is 22.8 Å². The van der Waals surface area contributed by atoms with Crippen molar-refractivity contribution >= 4 is 34.7 Å². The van der Waals surface area contributed by atoms with Crippen LogP contribution in [0.15, 0.2) is 48.7 Å². The fourth-order valence-corrected chi connectivity index (χ4v) is 6.20. The van der Waals surface area contributed by atoms with Crippen LogP contribution in [-0.4, -0.2) is 80.7 Å². The lowest BCUT2D eigenvalue weighted by Gasteiger charge is -2.39. The van der Waals surface area contributed by atoms with Gasteiger partial charge >= 0.3 is 6.18 Å². The number of nitrogens with one attached hydrogen (secondary N) is 2. The van der Waals surface area contributed by atoms with Gasteiger partial charge in [-0.15, -0.1) is 5.10 Å². The highest BCUT2D eigenvalue weighted by Crippen LogP contribution is 2.32. The highest BCUT2D eigenvalue weighted by Gasteiger charge is 2.38. The van der Waals surface area contributed by atoms with Gasteiger partial charge in [-0.25, -0.2) is 4.52 Å². The summed E-state index contributed by atoms with van der Waals surface area (Å²) in [6, 6.07) is 11.1. The molecular formula is C30H34F3N7O2. The van der Waals surface area contributed by atoms with Crippen LogP contribution in [0.1, 0.15) is 60.9 Å². The van der Waals surface area contributed by atoms with Gasteiger partial charge in [0.05, 0.1) is 6.42 Å². The lowest BCUT2D eigenvalue weighted by molar-refractivity contribution is -0.148. The first kappa shape index (κ1) is 28.2. The van der Waals surface area contributed by atoms with Crippen molar-refractivity contribution in [3.05, 3.63) is 59.8 Å². The molecule has 1 spiro atoms. The molecule has 0 unspecified atom stereocenters. The minimum Gasteiger partial charge on any atom is -0.339 e. The molecule has 0 radical (unpaired) electrons. The molecule has 2 amide bonds. The second-order valence-corrected chi connectivity index (χ2v) is 11.4. The number of alkyl halides is 3. The molecule has 0 atom stereocenters. The number of anilines is 2. The molecule has 2 aromatic heterocycles. The Kier molecular flexibility index (Phi) is 7.65. The topological polar surface area (TPSA) is 94.9 Å². The minimum absolute atomic E-state index is 0.0475. The van der Waals surface area contributed by atoms with Gasteiger partial charge in [-0.2, -0.15) is 18.2 Å². The van der Waals surface area contributed by atoms with Gasteiger partial charge in [0.15, 0.2) is 5.65 Å². The van der Waals surface area contributed by atoms with Crippen molar-refractivity contribution in [2.75, 3.05) is 38.0 Å². The third-order valence-electron chi connectivity index (χ3n) is 8.62. The molecular weight excluding hydrogens is 547 g/mol. The maximum absolute atomic E-state index is 13.1. The lowest BCUT2D eigenvalue weighted by atomic mass is 9.86. The molecule has 5 heterocycles. The van der Waals surface area contributed by atoms with Crippen molar-refractivity contribution in [3.8, 4) is 0 Å². The molecule has 0 saturated carbocycles. The van der Waals surface area contributed by atoms with Crippen LogP contribution < -0.4 is 10.6 Å². The van der Waals surface area contributed by atoms with E-state index >= 15 is 0 Å². The number of nitrogens with zero attached hydrogens (tertiary/aromatic N) is 5. The zero-order valence-corrected chi connectivity index (χ0v) is 23.3. The third kappa shape index (κ3) is 6.13. The molecule has 1 aromatic carbocycles. The second kappa shape index (κ2) is 11.4. The van der Waals surface area contributed by atoms with Gasteiger partial charge in [-0.3, -0.25) is 9.59 Å². The number of amides is 2. The maximum atomic E-state index is 13.1. The predicted octanol–water partition coefficient (Wildman–Crippen LogP) is 4.79. The molecule has 222 valence electrons. The number of hydrogen-bond acceptors (Lipinski definition) is 6. The third-order valence-corrected chi connectivity index (χ3v) is 8.62. The summed E-state index contributed by atoms with van der Waals surface area (Å²) in [4.78, 5) is 33.4. The summed E-state index contributed by atoms with van der Waals surface area (Å²) in [6.07, 6.45) is 2.58. The molecule has 0 aliphatic carbocycles. The van der Waals surface area contributed by atoms with E-state index < -0.39 is 24.9 Å².